The van der Waals surface area contributed by atoms with Crippen LogP contribution in [-0.4, -0.2) is 18.5 Å². The Kier molecular flexibility index (Phi) is 5.40. The highest BCUT2D eigenvalue weighted by Crippen LogP contribution is 2.23. The molecule has 0 saturated carbocycles. The average Bonchev–Trinajstić information content (AvgIpc) is 2.88. The van der Waals surface area contributed by atoms with Gasteiger partial charge in [-0.3, -0.25) is 4.90 Å². The van der Waals surface area contributed by atoms with Gasteiger partial charge in [0.2, 0.25) is 0 Å². The van der Waals surface area contributed by atoms with Gasteiger partial charge in [-0.2, -0.15) is 0 Å². The molecule has 2 aromatic rings. The topological polar surface area (TPSA) is 42.4 Å². The molecule has 0 fully saturated rings. The summed E-state index contributed by atoms with van der Waals surface area (Å²) in [6.07, 6.45) is 0.909. The first-order valence-electron chi connectivity index (χ1n) is 6.87. The number of nitrogens with two attached hydrogens (primary N) is 1. The lowest BCUT2D eigenvalue weighted by Crippen LogP contribution is -2.29. The number of aryl methyl sites for hydroxylation is 1. The van der Waals surface area contributed by atoms with Crippen molar-refractivity contribution >= 4 is 15.9 Å². The third kappa shape index (κ3) is 3.72. The molecule has 0 radical (unpaired) electrons. The van der Waals surface area contributed by atoms with Crippen LogP contribution in [0.5, 0.6) is 0 Å². The predicted octanol–water partition coefficient (Wildman–Crippen LogP) is 3.74. The quantitative estimate of drug-likeness (QED) is 0.873. The first-order chi connectivity index (χ1) is 9.63. The zero-order valence-corrected chi connectivity index (χ0v) is 13.6. The highest BCUT2D eigenvalue weighted by molar-refractivity contribution is 9.10. The minimum atomic E-state index is 0.106. The highest BCUT2D eigenvalue weighted by atomic mass is 79.9. The molecule has 0 aliphatic heterocycles. The SMILES string of the molecule is CCc1ccc(C(CN)N(C)Cc2cccc(Br)c2)o1. The maximum atomic E-state index is 5.93. The summed E-state index contributed by atoms with van der Waals surface area (Å²) in [6, 6.07) is 12.5. The van der Waals surface area contributed by atoms with Crippen LogP contribution in [-0.2, 0) is 13.0 Å². The van der Waals surface area contributed by atoms with Crippen LogP contribution in [0.25, 0.3) is 0 Å². The van der Waals surface area contributed by atoms with Crippen molar-refractivity contribution in [1.82, 2.24) is 4.90 Å². The fourth-order valence-corrected chi connectivity index (χ4v) is 2.76. The van der Waals surface area contributed by atoms with Gasteiger partial charge in [0.15, 0.2) is 0 Å². The summed E-state index contributed by atoms with van der Waals surface area (Å²) in [5.74, 6) is 1.95. The second kappa shape index (κ2) is 7.07. The van der Waals surface area contributed by atoms with Crippen LogP contribution in [0.1, 0.15) is 30.0 Å². The predicted molar refractivity (Wildman–Crippen MR) is 85.5 cm³/mol. The molecule has 0 aliphatic rings. The molecule has 0 amide bonds. The Hall–Kier alpha value is -1.10. The summed E-state index contributed by atoms with van der Waals surface area (Å²) >= 11 is 3.50. The van der Waals surface area contributed by atoms with Crippen molar-refractivity contribution in [2.24, 2.45) is 5.73 Å². The number of furan rings is 1. The number of nitrogens with zero attached hydrogens (tertiary/aromatic N) is 1. The maximum absolute atomic E-state index is 5.93. The van der Waals surface area contributed by atoms with E-state index in [1.54, 1.807) is 0 Å². The lowest BCUT2D eigenvalue weighted by atomic mass is 10.1. The number of halogens is 1. The summed E-state index contributed by atoms with van der Waals surface area (Å²) in [5, 5.41) is 0. The Labute approximate surface area is 128 Å². The molecule has 2 rings (SSSR count). The number of hydrogen-bond donors (Lipinski definition) is 1. The van der Waals surface area contributed by atoms with E-state index in [1.165, 1.54) is 5.56 Å². The molecule has 0 spiro atoms. The van der Waals surface area contributed by atoms with Crippen LogP contribution in [0.2, 0.25) is 0 Å². The summed E-state index contributed by atoms with van der Waals surface area (Å²) < 4.78 is 6.93. The van der Waals surface area contributed by atoms with Gasteiger partial charge in [-0.25, -0.2) is 0 Å². The van der Waals surface area contributed by atoms with Crippen molar-refractivity contribution < 1.29 is 4.42 Å². The molecule has 3 nitrogen and oxygen atoms in total. The third-order valence-corrected chi connectivity index (χ3v) is 3.93. The lowest BCUT2D eigenvalue weighted by molar-refractivity contribution is 0.210. The molecule has 1 aromatic carbocycles. The molecule has 108 valence electrons. The lowest BCUT2D eigenvalue weighted by Gasteiger charge is -2.25. The second-order valence-electron chi connectivity index (χ2n) is 4.95. The van der Waals surface area contributed by atoms with Gasteiger partial charge >= 0.3 is 0 Å². The third-order valence-electron chi connectivity index (χ3n) is 3.44. The van der Waals surface area contributed by atoms with Crippen LogP contribution in [0, 0.1) is 0 Å². The van der Waals surface area contributed by atoms with Gasteiger partial charge in [0.1, 0.15) is 11.5 Å². The van der Waals surface area contributed by atoms with Gasteiger partial charge in [-0.15, -0.1) is 0 Å². The molecule has 0 saturated heterocycles. The number of hydrogen-bond acceptors (Lipinski definition) is 3. The van der Waals surface area contributed by atoms with E-state index in [0.717, 1.165) is 29.0 Å². The van der Waals surface area contributed by atoms with E-state index < -0.39 is 0 Å². The fourth-order valence-electron chi connectivity index (χ4n) is 2.31. The minimum absolute atomic E-state index is 0.106. The molecule has 0 aliphatic carbocycles. The van der Waals surface area contributed by atoms with Crippen LogP contribution in [0.4, 0.5) is 0 Å². The molecular formula is C16H21BrN2O. The average molecular weight is 337 g/mol. The summed E-state index contributed by atoms with van der Waals surface area (Å²) in [7, 11) is 2.08. The zero-order chi connectivity index (χ0) is 14.5. The van der Waals surface area contributed by atoms with Gasteiger partial charge in [-0.1, -0.05) is 35.0 Å². The number of rotatable bonds is 6. The van der Waals surface area contributed by atoms with Gasteiger partial charge in [-0.05, 0) is 36.9 Å². The molecule has 1 heterocycles. The Morgan fingerprint density at radius 2 is 2.10 bits per heavy atom. The van der Waals surface area contributed by atoms with Crippen LogP contribution < -0.4 is 5.73 Å². The molecule has 0 bridgehead atoms. The first kappa shape index (κ1) is 15.3. The van der Waals surface area contributed by atoms with Crippen molar-refractivity contribution in [2.45, 2.75) is 25.9 Å². The largest absolute Gasteiger partial charge is 0.464 e. The van der Waals surface area contributed by atoms with Gasteiger partial charge in [0, 0.05) is 24.0 Å². The van der Waals surface area contributed by atoms with E-state index in [2.05, 4.69) is 46.9 Å². The fraction of sp³-hybridized carbons (Fsp3) is 0.375. The molecule has 1 aromatic heterocycles. The molecule has 1 unspecified atom stereocenters. The monoisotopic (exact) mass is 336 g/mol. The van der Waals surface area contributed by atoms with E-state index >= 15 is 0 Å². The standard InChI is InChI=1S/C16H21BrN2O/c1-3-14-7-8-16(20-14)15(10-18)19(2)11-12-5-4-6-13(17)9-12/h4-9,15H,3,10-11,18H2,1-2H3. The van der Waals surface area contributed by atoms with Crippen LogP contribution in [0.15, 0.2) is 45.3 Å². The zero-order valence-electron chi connectivity index (χ0n) is 12.0. The van der Waals surface area contributed by atoms with E-state index in [9.17, 15) is 0 Å². The highest BCUT2D eigenvalue weighted by Gasteiger charge is 2.19. The Bertz CT molecular complexity index is 553. The number of likely N-dealkylation sites (N-methyl/N-ethyl adjacent to an activating group) is 1. The first-order valence-corrected chi connectivity index (χ1v) is 7.66. The van der Waals surface area contributed by atoms with E-state index in [-0.39, 0.29) is 6.04 Å². The Morgan fingerprint density at radius 3 is 2.70 bits per heavy atom. The maximum Gasteiger partial charge on any atom is 0.122 e. The van der Waals surface area contributed by atoms with E-state index in [1.807, 2.05) is 24.3 Å². The smallest absolute Gasteiger partial charge is 0.122 e. The van der Waals surface area contributed by atoms with E-state index in [4.69, 9.17) is 10.2 Å². The Balaban J connectivity index is 2.10. The van der Waals surface area contributed by atoms with E-state index in [0.29, 0.717) is 6.54 Å². The second-order valence-corrected chi connectivity index (χ2v) is 5.87. The molecule has 20 heavy (non-hydrogen) atoms. The van der Waals surface area contributed by atoms with Crippen molar-refractivity contribution in [3.63, 3.8) is 0 Å². The summed E-state index contributed by atoms with van der Waals surface area (Å²) in [4.78, 5) is 2.22. The summed E-state index contributed by atoms with van der Waals surface area (Å²) in [5.41, 5.74) is 7.18. The van der Waals surface area contributed by atoms with Gasteiger partial charge in [0.05, 0.1) is 6.04 Å². The van der Waals surface area contributed by atoms with Crippen LogP contribution >= 0.6 is 15.9 Å². The normalized spacial score (nSPS) is 12.8. The molecule has 4 heteroatoms. The Morgan fingerprint density at radius 1 is 1.30 bits per heavy atom. The minimum Gasteiger partial charge on any atom is -0.464 e. The summed E-state index contributed by atoms with van der Waals surface area (Å²) in [6.45, 7) is 3.47. The van der Waals surface area contributed by atoms with Crippen LogP contribution in [0.3, 0.4) is 0 Å². The molecule has 1 atom stereocenters. The van der Waals surface area contributed by atoms with Gasteiger partial charge in [0.25, 0.3) is 0 Å². The molecule has 2 N–H and O–H groups in total. The number of benzene rings is 1. The van der Waals surface area contributed by atoms with Crippen molar-refractivity contribution in [3.05, 3.63) is 58.0 Å². The van der Waals surface area contributed by atoms with Gasteiger partial charge < -0.3 is 10.2 Å². The van der Waals surface area contributed by atoms with Crippen molar-refractivity contribution in [3.8, 4) is 0 Å². The molecular weight excluding hydrogens is 316 g/mol. The van der Waals surface area contributed by atoms with Crippen molar-refractivity contribution in [2.75, 3.05) is 13.6 Å². The van der Waals surface area contributed by atoms with Crippen molar-refractivity contribution in [1.29, 1.82) is 0 Å².